The van der Waals surface area contributed by atoms with Gasteiger partial charge in [0.25, 0.3) is 0 Å². The smallest absolute Gasteiger partial charge is 0.161 e. The van der Waals surface area contributed by atoms with Crippen molar-refractivity contribution in [2.45, 2.75) is 13.5 Å². The molecule has 0 spiro atoms. The van der Waals surface area contributed by atoms with Crippen LogP contribution in [0.1, 0.15) is 11.1 Å². The van der Waals surface area contributed by atoms with Crippen LogP contribution >= 0.6 is 0 Å². The van der Waals surface area contributed by atoms with E-state index >= 15 is 0 Å². The lowest BCUT2D eigenvalue weighted by Crippen LogP contribution is -2.10. The van der Waals surface area contributed by atoms with Crippen molar-refractivity contribution in [1.82, 2.24) is 5.32 Å². The van der Waals surface area contributed by atoms with Gasteiger partial charge in [0.1, 0.15) is 19.0 Å². The Labute approximate surface area is 132 Å². The second-order valence-corrected chi connectivity index (χ2v) is 5.03. The number of ether oxygens (including phenoxy) is 3. The van der Waals surface area contributed by atoms with Gasteiger partial charge in [-0.1, -0.05) is 18.2 Å². The Morgan fingerprint density at radius 1 is 0.955 bits per heavy atom. The van der Waals surface area contributed by atoms with Crippen molar-refractivity contribution >= 4 is 0 Å². The molecule has 0 aliphatic carbocycles. The highest BCUT2D eigenvalue weighted by Crippen LogP contribution is 2.28. The van der Waals surface area contributed by atoms with Crippen LogP contribution in [0.4, 0.5) is 0 Å². The van der Waals surface area contributed by atoms with E-state index in [-0.39, 0.29) is 0 Å². The Bertz CT molecular complexity index is 599. The molecule has 0 bridgehead atoms. The number of aryl methyl sites for hydroxylation is 1. The van der Waals surface area contributed by atoms with Crippen molar-refractivity contribution in [3.8, 4) is 17.2 Å². The van der Waals surface area contributed by atoms with Gasteiger partial charge >= 0.3 is 0 Å². The highest BCUT2D eigenvalue weighted by atomic mass is 16.5. The fourth-order valence-electron chi connectivity index (χ4n) is 2.16. The van der Waals surface area contributed by atoms with Crippen LogP contribution in [0.15, 0.2) is 42.5 Å². The van der Waals surface area contributed by atoms with E-state index < -0.39 is 0 Å². The maximum atomic E-state index is 5.74. The quantitative estimate of drug-likeness (QED) is 0.760. The predicted molar refractivity (Wildman–Crippen MR) is 87.9 cm³/mol. The van der Waals surface area contributed by atoms with Gasteiger partial charge in [0, 0.05) is 6.54 Å². The molecule has 0 aliphatic heterocycles. The Kier molecular flexibility index (Phi) is 6.10. The fourth-order valence-corrected chi connectivity index (χ4v) is 2.16. The summed E-state index contributed by atoms with van der Waals surface area (Å²) in [7, 11) is 3.56. The molecular formula is C18H23NO3. The fraction of sp³-hybridized carbons (Fsp3) is 0.333. The standard InChI is InChI=1S/C18H23NO3/c1-14-5-4-6-16(11-14)21-9-10-22-17-8-7-15(13-19-2)12-18(17)20-3/h4-8,11-12,19H,9-10,13H2,1-3H3. The first-order chi connectivity index (χ1) is 10.7. The van der Waals surface area contributed by atoms with Crippen LogP contribution in [0.5, 0.6) is 17.2 Å². The van der Waals surface area contributed by atoms with Gasteiger partial charge in [-0.2, -0.15) is 0 Å². The molecule has 4 heteroatoms. The average molecular weight is 301 g/mol. The third kappa shape index (κ3) is 4.67. The molecule has 0 saturated carbocycles. The van der Waals surface area contributed by atoms with E-state index in [4.69, 9.17) is 14.2 Å². The molecule has 4 nitrogen and oxygen atoms in total. The molecular weight excluding hydrogens is 278 g/mol. The van der Waals surface area contributed by atoms with Crippen molar-refractivity contribution in [2.75, 3.05) is 27.4 Å². The van der Waals surface area contributed by atoms with E-state index in [2.05, 4.69) is 5.32 Å². The van der Waals surface area contributed by atoms with Crippen LogP contribution in [-0.4, -0.2) is 27.4 Å². The second-order valence-electron chi connectivity index (χ2n) is 5.03. The van der Waals surface area contributed by atoms with E-state index in [0.717, 1.165) is 29.4 Å². The molecule has 22 heavy (non-hydrogen) atoms. The Balaban J connectivity index is 1.86. The van der Waals surface area contributed by atoms with Gasteiger partial charge < -0.3 is 19.5 Å². The maximum absolute atomic E-state index is 5.74. The van der Waals surface area contributed by atoms with Gasteiger partial charge in [0.05, 0.1) is 7.11 Å². The molecule has 0 heterocycles. The average Bonchev–Trinajstić information content (AvgIpc) is 2.53. The summed E-state index contributed by atoms with van der Waals surface area (Å²) in [6.07, 6.45) is 0. The summed E-state index contributed by atoms with van der Waals surface area (Å²) in [5.41, 5.74) is 2.34. The summed E-state index contributed by atoms with van der Waals surface area (Å²) in [5, 5.41) is 3.11. The number of rotatable bonds is 8. The lowest BCUT2D eigenvalue weighted by atomic mass is 10.2. The van der Waals surface area contributed by atoms with Crippen molar-refractivity contribution < 1.29 is 14.2 Å². The Morgan fingerprint density at radius 3 is 2.50 bits per heavy atom. The summed E-state index contributed by atoms with van der Waals surface area (Å²) in [4.78, 5) is 0. The van der Waals surface area contributed by atoms with Crippen molar-refractivity contribution in [1.29, 1.82) is 0 Å². The van der Waals surface area contributed by atoms with Crippen LogP contribution in [0.25, 0.3) is 0 Å². The molecule has 0 aromatic heterocycles. The van der Waals surface area contributed by atoms with Gasteiger partial charge in [0.2, 0.25) is 0 Å². The Hall–Kier alpha value is -2.20. The van der Waals surface area contributed by atoms with E-state index in [1.807, 2.05) is 56.4 Å². The van der Waals surface area contributed by atoms with E-state index in [9.17, 15) is 0 Å². The molecule has 0 saturated heterocycles. The van der Waals surface area contributed by atoms with Crippen LogP contribution < -0.4 is 19.5 Å². The van der Waals surface area contributed by atoms with Crippen LogP contribution in [0.2, 0.25) is 0 Å². The first-order valence-corrected chi connectivity index (χ1v) is 7.36. The molecule has 0 unspecified atom stereocenters. The summed E-state index contributed by atoms with van der Waals surface area (Å²) >= 11 is 0. The number of hydrogen-bond donors (Lipinski definition) is 1. The third-order valence-corrected chi connectivity index (χ3v) is 3.21. The number of methoxy groups -OCH3 is 1. The molecule has 2 rings (SSSR count). The zero-order valence-electron chi connectivity index (χ0n) is 13.4. The van der Waals surface area contributed by atoms with E-state index in [1.165, 1.54) is 5.56 Å². The Morgan fingerprint density at radius 2 is 1.77 bits per heavy atom. The molecule has 118 valence electrons. The van der Waals surface area contributed by atoms with Gasteiger partial charge in [-0.25, -0.2) is 0 Å². The third-order valence-electron chi connectivity index (χ3n) is 3.21. The highest BCUT2D eigenvalue weighted by Gasteiger charge is 2.05. The number of nitrogens with one attached hydrogen (secondary N) is 1. The molecule has 2 aromatic carbocycles. The lowest BCUT2D eigenvalue weighted by Gasteiger charge is -2.13. The van der Waals surface area contributed by atoms with Gasteiger partial charge in [-0.15, -0.1) is 0 Å². The predicted octanol–water partition coefficient (Wildman–Crippen LogP) is 3.18. The van der Waals surface area contributed by atoms with Gasteiger partial charge in [-0.05, 0) is 49.4 Å². The first-order valence-electron chi connectivity index (χ1n) is 7.36. The second kappa shape index (κ2) is 8.29. The van der Waals surface area contributed by atoms with E-state index in [0.29, 0.717) is 13.2 Å². The summed E-state index contributed by atoms with van der Waals surface area (Å²) in [6.45, 7) is 3.80. The maximum Gasteiger partial charge on any atom is 0.161 e. The first kappa shape index (κ1) is 16.2. The molecule has 0 amide bonds. The van der Waals surface area contributed by atoms with Crippen molar-refractivity contribution in [3.63, 3.8) is 0 Å². The van der Waals surface area contributed by atoms with Crippen molar-refractivity contribution in [2.24, 2.45) is 0 Å². The van der Waals surface area contributed by atoms with Crippen LogP contribution in [0.3, 0.4) is 0 Å². The summed E-state index contributed by atoms with van der Waals surface area (Å²) in [6, 6.07) is 13.9. The van der Waals surface area contributed by atoms with Gasteiger partial charge in [-0.3, -0.25) is 0 Å². The molecule has 0 aliphatic rings. The molecule has 0 atom stereocenters. The minimum Gasteiger partial charge on any atom is -0.493 e. The largest absolute Gasteiger partial charge is 0.493 e. The minimum atomic E-state index is 0.468. The van der Waals surface area contributed by atoms with Gasteiger partial charge in [0.15, 0.2) is 11.5 Å². The zero-order valence-corrected chi connectivity index (χ0v) is 13.4. The zero-order chi connectivity index (χ0) is 15.8. The minimum absolute atomic E-state index is 0.468. The molecule has 2 aromatic rings. The van der Waals surface area contributed by atoms with Crippen LogP contribution in [0, 0.1) is 6.92 Å². The van der Waals surface area contributed by atoms with E-state index in [1.54, 1.807) is 7.11 Å². The summed E-state index contributed by atoms with van der Waals surface area (Å²) < 4.78 is 16.8. The lowest BCUT2D eigenvalue weighted by molar-refractivity contribution is 0.211. The molecule has 0 fully saturated rings. The number of hydrogen-bond acceptors (Lipinski definition) is 4. The molecule has 0 radical (unpaired) electrons. The highest BCUT2D eigenvalue weighted by molar-refractivity contribution is 5.43. The number of benzene rings is 2. The topological polar surface area (TPSA) is 39.7 Å². The van der Waals surface area contributed by atoms with Crippen molar-refractivity contribution in [3.05, 3.63) is 53.6 Å². The summed E-state index contributed by atoms with van der Waals surface area (Å²) in [5.74, 6) is 2.33. The monoisotopic (exact) mass is 301 g/mol. The van der Waals surface area contributed by atoms with Crippen LogP contribution in [-0.2, 0) is 6.54 Å². The normalized spacial score (nSPS) is 10.3. The molecule has 1 N–H and O–H groups in total. The SMILES string of the molecule is CNCc1ccc(OCCOc2cccc(C)c2)c(OC)c1.